The van der Waals surface area contributed by atoms with Gasteiger partial charge in [-0.3, -0.25) is 0 Å². The molecular weight excluding hydrogens is 1780 g/mol. The molecule has 30 aromatic rings. The van der Waals surface area contributed by atoms with Crippen molar-refractivity contribution in [3.63, 3.8) is 0 Å². The number of para-hydroxylation sites is 3. The van der Waals surface area contributed by atoms with Crippen molar-refractivity contribution in [1.29, 1.82) is 0 Å². The third kappa shape index (κ3) is 15.1. The van der Waals surface area contributed by atoms with Gasteiger partial charge in [-0.25, -0.2) is 0 Å². The van der Waals surface area contributed by atoms with Crippen LogP contribution in [0.3, 0.4) is 0 Å². The van der Waals surface area contributed by atoms with Crippen LogP contribution in [0, 0.1) is 0 Å². The fraction of sp³-hybridized carbons (Fsp3) is 0. The van der Waals surface area contributed by atoms with Crippen molar-refractivity contribution >= 4 is 163 Å². The van der Waals surface area contributed by atoms with Crippen LogP contribution in [0.2, 0.25) is 0 Å². The van der Waals surface area contributed by atoms with E-state index in [0.29, 0.717) is 0 Å². The van der Waals surface area contributed by atoms with Gasteiger partial charge in [0.1, 0.15) is 33.5 Å². The maximum atomic E-state index is 6.38. The minimum absolute atomic E-state index is 0.908. The molecule has 0 amide bonds. The molecular formula is C144H90O3. The molecule has 0 fully saturated rings. The van der Waals surface area contributed by atoms with Gasteiger partial charge in [0, 0.05) is 32.3 Å². The zero-order valence-electron chi connectivity index (χ0n) is 80.2. The molecule has 0 N–H and O–H groups in total. The summed E-state index contributed by atoms with van der Waals surface area (Å²) in [6.45, 7) is 0. The molecule has 0 radical (unpaired) electrons. The molecule has 3 aromatic heterocycles. The van der Waals surface area contributed by atoms with Crippen LogP contribution in [0.5, 0.6) is 0 Å². The topological polar surface area (TPSA) is 39.4 Å². The molecule has 0 bridgehead atoms. The Labute approximate surface area is 849 Å². The number of fused-ring (bicyclic) bond motifs is 18. The second kappa shape index (κ2) is 36.0. The van der Waals surface area contributed by atoms with Crippen LogP contribution in [0.15, 0.2) is 559 Å². The molecule has 3 nitrogen and oxygen atoms in total. The Morgan fingerprint density at radius 2 is 0.327 bits per heavy atom. The monoisotopic (exact) mass is 1870 g/mol. The predicted octanol–water partition coefficient (Wildman–Crippen LogP) is 41.1. The summed E-state index contributed by atoms with van der Waals surface area (Å²) in [4.78, 5) is 0. The van der Waals surface area contributed by atoms with Crippen molar-refractivity contribution < 1.29 is 13.3 Å². The molecule has 684 valence electrons. The average molecular weight is 1870 g/mol. The van der Waals surface area contributed by atoms with Crippen LogP contribution < -0.4 is 0 Å². The summed E-state index contributed by atoms with van der Waals surface area (Å²) >= 11 is 0. The predicted molar refractivity (Wildman–Crippen MR) is 624 cm³/mol. The van der Waals surface area contributed by atoms with E-state index in [1.54, 1.807) is 0 Å². The summed E-state index contributed by atoms with van der Waals surface area (Å²) in [6.07, 6.45) is 0. The smallest absolute Gasteiger partial charge is 0.136 e. The molecule has 27 aromatic carbocycles. The summed E-state index contributed by atoms with van der Waals surface area (Å²) < 4.78 is 19.1. The summed E-state index contributed by atoms with van der Waals surface area (Å²) in [7, 11) is 0. The Morgan fingerprint density at radius 3 is 0.735 bits per heavy atom. The first kappa shape index (κ1) is 85.6. The van der Waals surface area contributed by atoms with E-state index in [9.17, 15) is 0 Å². The van der Waals surface area contributed by atoms with Crippen molar-refractivity contribution in [2.75, 3.05) is 0 Å². The van der Waals surface area contributed by atoms with Crippen LogP contribution in [-0.4, -0.2) is 0 Å². The molecule has 0 unspecified atom stereocenters. The van der Waals surface area contributed by atoms with E-state index >= 15 is 0 Å². The van der Waals surface area contributed by atoms with E-state index in [1.807, 2.05) is 36.4 Å². The van der Waals surface area contributed by atoms with Gasteiger partial charge < -0.3 is 13.3 Å². The molecule has 0 saturated heterocycles. The first-order valence-electron chi connectivity index (χ1n) is 50.5. The molecule has 147 heavy (non-hydrogen) atoms. The largest absolute Gasteiger partial charge is 0.456 e. The third-order valence-electron chi connectivity index (χ3n) is 30.1. The summed E-state index contributed by atoms with van der Waals surface area (Å²) in [5.74, 6) is 0. The maximum absolute atomic E-state index is 6.38. The zero-order valence-corrected chi connectivity index (χ0v) is 80.2. The Bertz CT molecular complexity index is 10300. The van der Waals surface area contributed by atoms with E-state index in [-0.39, 0.29) is 0 Å². The molecule has 3 heteroatoms. The van der Waals surface area contributed by atoms with Gasteiger partial charge in [-0.05, 0) is 321 Å². The lowest BCUT2D eigenvalue weighted by Gasteiger charge is -2.21. The van der Waals surface area contributed by atoms with Crippen molar-refractivity contribution in [1.82, 2.24) is 0 Å². The lowest BCUT2D eigenvalue weighted by molar-refractivity contribution is 0.668. The van der Waals surface area contributed by atoms with Gasteiger partial charge in [-0.2, -0.15) is 0 Å². The molecule has 0 aliphatic carbocycles. The summed E-state index contributed by atoms with van der Waals surface area (Å²) in [6, 6.07) is 198. The van der Waals surface area contributed by atoms with Gasteiger partial charge in [-0.15, -0.1) is 0 Å². The van der Waals surface area contributed by atoms with Crippen molar-refractivity contribution in [2.24, 2.45) is 0 Å². The standard InChI is InChI=1S/3C48H30O/c1-2-12-31(13-3-1)33-15-10-16-34(28-33)37-22-11-14-32-24-25-35(29-44(32)37)47-40-18-4-6-20-42(40)48(43-21-7-5-19-41(43)47)36-26-27-39-38-17-8-9-23-45(38)49-46(39)30-36;1-2-11-31(12-3-1)33-13-10-14-34(27-33)35-23-21-32-22-24-36(29-38(32)28-35)47-41-16-4-6-18-43(41)48(44-19-7-5-17-42(44)47)37-25-26-40-39-15-8-9-20-45(39)49-46(40)30-37;1-2-13-31(14-3-1)33-16-12-17-34(29-33)46-36-18-5-4-15-32(36)25-28-43(46)48-41-22-8-6-20-39(41)47(40-21-7-9-23-42(40)48)35-26-27-38-37-19-10-11-24-44(37)49-45(38)30-35/h3*1-30H. The molecule has 30 rings (SSSR count). The lowest BCUT2D eigenvalue weighted by atomic mass is 9.82. The first-order valence-corrected chi connectivity index (χ1v) is 50.5. The molecule has 3 heterocycles. The molecule has 0 saturated carbocycles. The van der Waals surface area contributed by atoms with Crippen LogP contribution >= 0.6 is 0 Å². The second-order valence-electron chi connectivity index (χ2n) is 38.5. The second-order valence-corrected chi connectivity index (χ2v) is 38.5. The first-order chi connectivity index (χ1) is 72.9. The van der Waals surface area contributed by atoms with Gasteiger partial charge in [-0.1, -0.05) is 455 Å². The van der Waals surface area contributed by atoms with E-state index in [4.69, 9.17) is 13.3 Å². The van der Waals surface area contributed by atoms with Gasteiger partial charge in [0.15, 0.2) is 0 Å². The SMILES string of the molecule is c1ccc(-c2cccc(-c3c(-c4c5ccccc5c(-c5ccc6c(c5)oc5ccccc56)c5ccccc45)ccc4ccccc34)c2)cc1.c1ccc(-c2cccc(-c3ccc4ccc(-c5c6ccccc6c(-c6ccc7c(c6)oc6ccccc67)c6ccccc56)cc4c3)c2)cc1.c1ccc(-c2cccc(-c3cccc4ccc(-c5c6ccccc6c(-c6ccc7c(c6)oc6ccccc67)c6ccccc56)cc34)c2)cc1. The highest BCUT2D eigenvalue weighted by atomic mass is 16.3. The molecule has 0 aliphatic heterocycles. The van der Waals surface area contributed by atoms with Gasteiger partial charge in [0.2, 0.25) is 0 Å². The van der Waals surface area contributed by atoms with Gasteiger partial charge in [0.05, 0.1) is 0 Å². The Morgan fingerprint density at radius 1 is 0.0884 bits per heavy atom. The number of rotatable bonds is 12. The Balaban J connectivity index is 0.000000107. The maximum Gasteiger partial charge on any atom is 0.136 e. The number of hydrogen-bond donors (Lipinski definition) is 0. The van der Waals surface area contributed by atoms with Crippen LogP contribution in [0.1, 0.15) is 0 Å². The van der Waals surface area contributed by atoms with E-state index in [1.165, 1.54) is 214 Å². The Hall–Kier alpha value is -19.3. The molecule has 0 atom stereocenters. The highest BCUT2D eigenvalue weighted by Crippen LogP contribution is 2.53. The molecule has 0 aliphatic rings. The van der Waals surface area contributed by atoms with Crippen molar-refractivity contribution in [3.05, 3.63) is 546 Å². The fourth-order valence-corrected chi connectivity index (χ4v) is 23.4. The van der Waals surface area contributed by atoms with Crippen LogP contribution in [0.25, 0.3) is 296 Å². The summed E-state index contributed by atoms with van der Waals surface area (Å²) in [5.41, 5.74) is 34.8. The van der Waals surface area contributed by atoms with E-state index in [0.717, 1.165) is 82.5 Å². The average Bonchev–Trinajstić information content (AvgIpc) is 1.64. The number of furan rings is 3. The lowest BCUT2D eigenvalue weighted by Crippen LogP contribution is -1.94. The normalized spacial score (nSPS) is 11.7. The van der Waals surface area contributed by atoms with Gasteiger partial charge >= 0.3 is 0 Å². The van der Waals surface area contributed by atoms with Crippen LogP contribution in [0.4, 0.5) is 0 Å². The van der Waals surface area contributed by atoms with Gasteiger partial charge in [0.25, 0.3) is 0 Å². The van der Waals surface area contributed by atoms with Crippen molar-refractivity contribution in [3.8, 4) is 134 Å². The van der Waals surface area contributed by atoms with E-state index in [2.05, 4.69) is 510 Å². The fourth-order valence-electron chi connectivity index (χ4n) is 23.4. The highest BCUT2D eigenvalue weighted by Gasteiger charge is 2.26. The van der Waals surface area contributed by atoms with E-state index < -0.39 is 0 Å². The number of hydrogen-bond acceptors (Lipinski definition) is 3. The molecule has 0 spiro atoms. The number of benzene rings is 27. The third-order valence-corrected chi connectivity index (χ3v) is 30.1. The summed E-state index contributed by atoms with van der Waals surface area (Å²) in [5, 5.41) is 29.1. The Kier molecular flexibility index (Phi) is 21.0. The van der Waals surface area contributed by atoms with Crippen LogP contribution in [-0.2, 0) is 0 Å². The minimum Gasteiger partial charge on any atom is -0.456 e. The quantitative estimate of drug-likeness (QED) is 0.114. The van der Waals surface area contributed by atoms with Crippen molar-refractivity contribution in [2.45, 2.75) is 0 Å². The highest BCUT2D eigenvalue weighted by molar-refractivity contribution is 6.28. The zero-order chi connectivity index (χ0) is 96.9. The minimum atomic E-state index is 0.908.